The molecular weight excluding hydrogens is 495 g/mol. The smallest absolute Gasteiger partial charge is 0.256 e. The number of halogens is 3. The summed E-state index contributed by atoms with van der Waals surface area (Å²) in [6.07, 6.45) is 3.17. The molecule has 0 aliphatic rings. The molecule has 10 heteroatoms. The van der Waals surface area contributed by atoms with Gasteiger partial charge in [-0.25, -0.2) is 4.68 Å². The fraction of sp³-hybridized carbons (Fsp3) is 0.0833. The van der Waals surface area contributed by atoms with Crippen molar-refractivity contribution in [3.63, 3.8) is 0 Å². The fourth-order valence-electron chi connectivity index (χ4n) is 3.34. The first-order chi connectivity index (χ1) is 16.3. The number of hydrogen-bond donors (Lipinski definition) is 1. The minimum absolute atomic E-state index is 0.127. The van der Waals surface area contributed by atoms with Crippen LogP contribution in [0.1, 0.15) is 15.9 Å². The molecule has 0 aliphatic heterocycles. The molecule has 0 saturated carbocycles. The SMILES string of the molecule is CN(C)c1ccc(C(=O)Nc2c(C#N)c(-c3ccncc3)nn2-c2c(Cl)cc(Cl)cc2Cl)cc1. The summed E-state index contributed by atoms with van der Waals surface area (Å²) in [5.41, 5.74) is 2.75. The molecule has 0 radical (unpaired) electrons. The highest BCUT2D eigenvalue weighted by atomic mass is 35.5. The quantitative estimate of drug-likeness (QED) is 0.351. The maximum absolute atomic E-state index is 13.1. The van der Waals surface area contributed by atoms with E-state index >= 15 is 0 Å². The van der Waals surface area contributed by atoms with Gasteiger partial charge in [-0.15, -0.1) is 0 Å². The highest BCUT2D eigenvalue weighted by Gasteiger charge is 2.25. The van der Waals surface area contributed by atoms with Gasteiger partial charge in [-0.05, 0) is 48.5 Å². The van der Waals surface area contributed by atoms with Crippen molar-refractivity contribution in [2.24, 2.45) is 0 Å². The number of amides is 1. The van der Waals surface area contributed by atoms with Gasteiger partial charge in [0.15, 0.2) is 5.82 Å². The van der Waals surface area contributed by atoms with Crippen molar-refractivity contribution in [2.75, 3.05) is 24.3 Å². The van der Waals surface area contributed by atoms with E-state index in [0.29, 0.717) is 21.8 Å². The van der Waals surface area contributed by atoms with Gasteiger partial charge < -0.3 is 10.2 Å². The molecule has 170 valence electrons. The lowest BCUT2D eigenvalue weighted by Crippen LogP contribution is -2.16. The van der Waals surface area contributed by atoms with Gasteiger partial charge in [0.05, 0.1) is 10.0 Å². The van der Waals surface area contributed by atoms with Crippen LogP contribution in [0.15, 0.2) is 60.9 Å². The van der Waals surface area contributed by atoms with Crippen molar-refractivity contribution in [3.05, 3.63) is 87.1 Å². The van der Waals surface area contributed by atoms with E-state index in [1.54, 1.807) is 36.7 Å². The summed E-state index contributed by atoms with van der Waals surface area (Å²) in [6, 6.07) is 15.6. The summed E-state index contributed by atoms with van der Waals surface area (Å²) in [6.45, 7) is 0. The van der Waals surface area contributed by atoms with E-state index in [1.807, 2.05) is 31.1 Å². The summed E-state index contributed by atoms with van der Waals surface area (Å²) in [5.74, 6) is -0.299. The largest absolute Gasteiger partial charge is 0.378 e. The summed E-state index contributed by atoms with van der Waals surface area (Å²) < 4.78 is 1.35. The number of carbonyl (C=O) groups excluding carboxylic acids is 1. The zero-order valence-corrected chi connectivity index (χ0v) is 20.3. The van der Waals surface area contributed by atoms with Crippen LogP contribution in [-0.2, 0) is 0 Å². The number of rotatable bonds is 5. The Balaban J connectivity index is 1.87. The van der Waals surface area contributed by atoms with E-state index < -0.39 is 5.91 Å². The Morgan fingerprint density at radius 3 is 2.21 bits per heavy atom. The molecule has 0 spiro atoms. The topological polar surface area (TPSA) is 86.8 Å². The Hall–Kier alpha value is -3.57. The average Bonchev–Trinajstić information content (AvgIpc) is 3.16. The van der Waals surface area contributed by atoms with E-state index in [2.05, 4.69) is 21.5 Å². The van der Waals surface area contributed by atoms with Crippen molar-refractivity contribution in [2.45, 2.75) is 0 Å². The third kappa shape index (κ3) is 4.57. The van der Waals surface area contributed by atoms with Crippen LogP contribution in [-0.4, -0.2) is 34.8 Å². The molecule has 4 rings (SSSR count). The van der Waals surface area contributed by atoms with Crippen LogP contribution in [0.2, 0.25) is 15.1 Å². The number of nitriles is 1. The number of aromatic nitrogens is 3. The second kappa shape index (κ2) is 9.74. The van der Waals surface area contributed by atoms with Crippen LogP contribution in [0.25, 0.3) is 16.9 Å². The maximum atomic E-state index is 13.1. The van der Waals surface area contributed by atoms with Crippen LogP contribution >= 0.6 is 34.8 Å². The monoisotopic (exact) mass is 510 g/mol. The van der Waals surface area contributed by atoms with Gasteiger partial charge >= 0.3 is 0 Å². The first-order valence-corrected chi connectivity index (χ1v) is 11.1. The van der Waals surface area contributed by atoms with E-state index in [-0.39, 0.29) is 27.1 Å². The van der Waals surface area contributed by atoms with Gasteiger partial charge in [0.25, 0.3) is 5.91 Å². The molecular formula is C24H17Cl3N6O. The van der Waals surface area contributed by atoms with Crippen molar-refractivity contribution in [1.82, 2.24) is 14.8 Å². The van der Waals surface area contributed by atoms with Crippen LogP contribution in [0.3, 0.4) is 0 Å². The zero-order valence-electron chi connectivity index (χ0n) is 18.1. The first-order valence-electron chi connectivity index (χ1n) is 9.97. The molecule has 0 bridgehead atoms. The van der Waals surface area contributed by atoms with E-state index in [4.69, 9.17) is 34.8 Å². The minimum Gasteiger partial charge on any atom is -0.378 e. The number of pyridine rings is 1. The number of anilines is 2. The number of nitrogens with one attached hydrogen (secondary N) is 1. The zero-order chi connectivity index (χ0) is 24.4. The molecule has 0 saturated heterocycles. The van der Waals surface area contributed by atoms with E-state index in [1.165, 1.54) is 16.8 Å². The number of nitrogens with zero attached hydrogens (tertiary/aromatic N) is 5. The predicted octanol–water partition coefficient (Wildman–Crippen LogP) is 6.08. The molecule has 0 unspecified atom stereocenters. The molecule has 7 nitrogen and oxygen atoms in total. The third-order valence-corrected chi connectivity index (χ3v) is 5.82. The van der Waals surface area contributed by atoms with Crippen molar-refractivity contribution in [3.8, 4) is 23.0 Å². The summed E-state index contributed by atoms with van der Waals surface area (Å²) in [7, 11) is 3.82. The lowest BCUT2D eigenvalue weighted by atomic mass is 10.1. The Morgan fingerprint density at radius 1 is 1.03 bits per heavy atom. The Bertz CT molecular complexity index is 1390. The third-order valence-electron chi connectivity index (χ3n) is 5.02. The standard InChI is InChI=1S/C24H17Cl3N6O/c1-32(2)17-5-3-15(4-6-17)24(34)30-23-18(13-28)21(14-7-9-29-10-8-14)31-33(23)22-19(26)11-16(25)12-20(22)27/h3-12H,1-2H3,(H,30,34). The molecule has 2 aromatic heterocycles. The van der Waals surface area contributed by atoms with Gasteiger partial charge in [-0.1, -0.05) is 34.8 Å². The Labute approximate surface area is 211 Å². The second-order valence-corrected chi connectivity index (χ2v) is 8.70. The van der Waals surface area contributed by atoms with Crippen molar-refractivity contribution >= 4 is 52.2 Å². The van der Waals surface area contributed by atoms with Crippen molar-refractivity contribution in [1.29, 1.82) is 5.26 Å². The van der Waals surface area contributed by atoms with Gasteiger partial charge in [-0.2, -0.15) is 10.4 Å². The van der Waals surface area contributed by atoms with Crippen molar-refractivity contribution < 1.29 is 4.79 Å². The Morgan fingerprint density at radius 2 is 1.65 bits per heavy atom. The second-order valence-electron chi connectivity index (χ2n) is 7.45. The average molecular weight is 512 g/mol. The van der Waals surface area contributed by atoms with E-state index in [0.717, 1.165) is 5.69 Å². The van der Waals surface area contributed by atoms with Gasteiger partial charge in [0.2, 0.25) is 0 Å². The molecule has 0 fully saturated rings. The van der Waals surface area contributed by atoms with E-state index in [9.17, 15) is 10.1 Å². The summed E-state index contributed by atoms with van der Waals surface area (Å²) >= 11 is 19.0. The van der Waals surface area contributed by atoms with Gasteiger partial charge in [0.1, 0.15) is 23.0 Å². The van der Waals surface area contributed by atoms with Crippen LogP contribution in [0.5, 0.6) is 0 Å². The number of hydrogen-bond acceptors (Lipinski definition) is 5. The molecule has 4 aromatic rings. The molecule has 0 aliphatic carbocycles. The number of carbonyl (C=O) groups is 1. The number of benzene rings is 2. The molecule has 1 amide bonds. The van der Waals surface area contributed by atoms with Gasteiger partial charge in [0, 0.05) is 48.3 Å². The highest BCUT2D eigenvalue weighted by molar-refractivity contribution is 6.40. The fourth-order valence-corrected chi connectivity index (χ4v) is 4.32. The molecule has 34 heavy (non-hydrogen) atoms. The normalized spacial score (nSPS) is 10.6. The summed E-state index contributed by atoms with van der Waals surface area (Å²) in [5, 5.41) is 18.2. The predicted molar refractivity (Wildman–Crippen MR) is 135 cm³/mol. The molecule has 0 atom stereocenters. The maximum Gasteiger partial charge on any atom is 0.256 e. The minimum atomic E-state index is -0.426. The van der Waals surface area contributed by atoms with Crippen LogP contribution in [0.4, 0.5) is 11.5 Å². The lowest BCUT2D eigenvalue weighted by Gasteiger charge is -2.14. The highest BCUT2D eigenvalue weighted by Crippen LogP contribution is 2.37. The summed E-state index contributed by atoms with van der Waals surface area (Å²) in [4.78, 5) is 19.1. The molecule has 2 heterocycles. The molecule has 2 aromatic carbocycles. The van der Waals surface area contributed by atoms with Crippen LogP contribution in [0, 0.1) is 11.3 Å². The Kier molecular flexibility index (Phi) is 6.75. The molecule has 1 N–H and O–H groups in total. The first kappa shape index (κ1) is 23.6. The van der Waals surface area contributed by atoms with Gasteiger partial charge in [-0.3, -0.25) is 9.78 Å². The van der Waals surface area contributed by atoms with Crippen LogP contribution < -0.4 is 10.2 Å². The lowest BCUT2D eigenvalue weighted by molar-refractivity contribution is 0.102.